The summed E-state index contributed by atoms with van der Waals surface area (Å²) in [5.74, 6) is 1.17. The average Bonchev–Trinajstić information content (AvgIpc) is 2.90. The number of amides is 1. The van der Waals surface area contributed by atoms with E-state index in [1.54, 1.807) is 18.5 Å². The molecule has 0 aliphatic rings. The van der Waals surface area contributed by atoms with Gasteiger partial charge in [-0.1, -0.05) is 0 Å². The van der Waals surface area contributed by atoms with Crippen LogP contribution in [-0.2, 0) is 17.8 Å². The van der Waals surface area contributed by atoms with Gasteiger partial charge in [-0.05, 0) is 18.2 Å². The maximum absolute atomic E-state index is 11.5. The van der Waals surface area contributed by atoms with Crippen molar-refractivity contribution in [2.75, 3.05) is 12.3 Å². The summed E-state index contributed by atoms with van der Waals surface area (Å²) in [5.41, 5.74) is 5.44. The van der Waals surface area contributed by atoms with Crippen LogP contribution in [0.1, 0.15) is 5.76 Å². The van der Waals surface area contributed by atoms with E-state index in [2.05, 4.69) is 10.4 Å². The summed E-state index contributed by atoms with van der Waals surface area (Å²) in [6.07, 6.45) is 3.96. The molecule has 0 aliphatic heterocycles. The van der Waals surface area contributed by atoms with Crippen LogP contribution >= 0.6 is 0 Å². The molecule has 6 heteroatoms. The predicted octanol–water partition coefficient (Wildman–Crippen LogP) is 0.417. The number of anilines is 1. The van der Waals surface area contributed by atoms with Gasteiger partial charge in [-0.15, -0.1) is 0 Å². The van der Waals surface area contributed by atoms with Gasteiger partial charge in [0, 0.05) is 19.2 Å². The van der Waals surface area contributed by atoms with Crippen molar-refractivity contribution in [3.05, 3.63) is 36.4 Å². The van der Waals surface area contributed by atoms with Crippen molar-refractivity contribution in [1.29, 1.82) is 0 Å². The zero-order valence-corrected chi connectivity index (χ0v) is 9.30. The quantitative estimate of drug-likeness (QED) is 0.784. The zero-order valence-electron chi connectivity index (χ0n) is 9.30. The molecule has 2 aromatic rings. The number of nitrogens with two attached hydrogens (primary N) is 1. The van der Waals surface area contributed by atoms with Crippen LogP contribution in [0.15, 0.2) is 35.1 Å². The molecule has 0 unspecified atom stereocenters. The molecule has 0 atom stereocenters. The normalized spacial score (nSPS) is 10.4. The molecule has 0 saturated carbocycles. The van der Waals surface area contributed by atoms with Crippen molar-refractivity contribution >= 4 is 11.7 Å². The fourth-order valence-corrected chi connectivity index (χ4v) is 1.45. The van der Waals surface area contributed by atoms with E-state index in [4.69, 9.17) is 10.2 Å². The lowest BCUT2D eigenvalue weighted by Gasteiger charge is -2.03. The van der Waals surface area contributed by atoms with Crippen LogP contribution in [0.5, 0.6) is 0 Å². The molecular formula is C11H14N4O2. The molecule has 17 heavy (non-hydrogen) atoms. The fraction of sp³-hybridized carbons (Fsp3) is 0.273. The van der Waals surface area contributed by atoms with E-state index in [1.807, 2.05) is 12.1 Å². The van der Waals surface area contributed by atoms with Crippen LogP contribution in [-0.4, -0.2) is 22.2 Å². The minimum atomic E-state index is -0.0975. The molecule has 0 aromatic carbocycles. The second kappa shape index (κ2) is 5.20. The van der Waals surface area contributed by atoms with Crippen molar-refractivity contribution in [3.8, 4) is 0 Å². The summed E-state index contributed by atoms with van der Waals surface area (Å²) in [6, 6.07) is 5.35. The SMILES string of the molecule is Nc1ccn(CC(=O)NCCc2ccco2)n1. The second-order valence-electron chi connectivity index (χ2n) is 3.62. The first-order valence-electron chi connectivity index (χ1n) is 5.32. The standard InChI is InChI=1S/C11H14N4O2/c12-10-4-6-15(14-10)8-11(16)13-5-3-9-2-1-7-17-9/h1-2,4,6-7H,3,5,8H2,(H2,12,14)(H,13,16). The third-order valence-corrected chi connectivity index (χ3v) is 2.24. The Morgan fingerprint density at radius 2 is 2.41 bits per heavy atom. The molecule has 90 valence electrons. The maximum atomic E-state index is 11.5. The van der Waals surface area contributed by atoms with Crippen LogP contribution in [0.25, 0.3) is 0 Å². The predicted molar refractivity (Wildman–Crippen MR) is 62.1 cm³/mol. The van der Waals surface area contributed by atoms with Crippen LogP contribution in [0.2, 0.25) is 0 Å². The number of aromatic nitrogens is 2. The van der Waals surface area contributed by atoms with Crippen LogP contribution in [0.3, 0.4) is 0 Å². The van der Waals surface area contributed by atoms with Crippen LogP contribution in [0.4, 0.5) is 5.82 Å². The highest BCUT2D eigenvalue weighted by Crippen LogP contribution is 1.99. The molecule has 0 bridgehead atoms. The summed E-state index contributed by atoms with van der Waals surface area (Å²) in [5, 5.41) is 6.70. The van der Waals surface area contributed by atoms with Gasteiger partial charge in [-0.25, -0.2) is 0 Å². The highest BCUT2D eigenvalue weighted by molar-refractivity contribution is 5.75. The summed E-state index contributed by atoms with van der Waals surface area (Å²) >= 11 is 0. The molecule has 2 rings (SSSR count). The first-order valence-corrected chi connectivity index (χ1v) is 5.32. The van der Waals surface area contributed by atoms with Gasteiger partial charge in [0.25, 0.3) is 0 Å². The number of nitrogens with zero attached hydrogens (tertiary/aromatic N) is 2. The Labute approximate surface area is 98.4 Å². The number of hydrogen-bond acceptors (Lipinski definition) is 4. The van der Waals surface area contributed by atoms with E-state index in [-0.39, 0.29) is 12.5 Å². The molecule has 0 radical (unpaired) electrons. The summed E-state index contributed by atoms with van der Waals surface area (Å²) in [4.78, 5) is 11.5. The number of nitrogen functional groups attached to an aromatic ring is 1. The summed E-state index contributed by atoms with van der Waals surface area (Å²) < 4.78 is 6.65. The van der Waals surface area contributed by atoms with E-state index in [0.717, 1.165) is 5.76 Å². The third-order valence-electron chi connectivity index (χ3n) is 2.24. The summed E-state index contributed by atoms with van der Waals surface area (Å²) in [6.45, 7) is 0.721. The largest absolute Gasteiger partial charge is 0.469 e. The van der Waals surface area contributed by atoms with Gasteiger partial charge in [0.2, 0.25) is 5.91 Å². The molecule has 2 aromatic heterocycles. The van der Waals surface area contributed by atoms with Crippen molar-refractivity contribution in [2.45, 2.75) is 13.0 Å². The Kier molecular flexibility index (Phi) is 3.44. The van der Waals surface area contributed by atoms with E-state index in [0.29, 0.717) is 18.8 Å². The number of carbonyl (C=O) groups excluding carboxylic acids is 1. The number of rotatable bonds is 5. The van der Waals surface area contributed by atoms with E-state index < -0.39 is 0 Å². The Hall–Kier alpha value is -2.24. The average molecular weight is 234 g/mol. The molecule has 1 amide bonds. The zero-order chi connectivity index (χ0) is 12.1. The molecule has 0 saturated heterocycles. The number of nitrogens with one attached hydrogen (secondary N) is 1. The molecule has 0 fully saturated rings. The smallest absolute Gasteiger partial charge is 0.241 e. The van der Waals surface area contributed by atoms with Gasteiger partial charge >= 0.3 is 0 Å². The Balaban J connectivity index is 1.71. The van der Waals surface area contributed by atoms with Crippen LogP contribution in [0, 0.1) is 0 Å². The lowest BCUT2D eigenvalue weighted by Crippen LogP contribution is -2.29. The van der Waals surface area contributed by atoms with Crippen LogP contribution < -0.4 is 11.1 Å². The van der Waals surface area contributed by atoms with E-state index in [1.165, 1.54) is 4.68 Å². The minimum absolute atomic E-state index is 0.0975. The molecule has 0 spiro atoms. The van der Waals surface area contributed by atoms with Gasteiger partial charge < -0.3 is 15.5 Å². The lowest BCUT2D eigenvalue weighted by atomic mass is 10.3. The minimum Gasteiger partial charge on any atom is -0.469 e. The van der Waals surface area contributed by atoms with Gasteiger partial charge in [0.15, 0.2) is 0 Å². The molecular weight excluding hydrogens is 220 g/mol. The molecule has 6 nitrogen and oxygen atoms in total. The summed E-state index contributed by atoms with van der Waals surface area (Å²) in [7, 11) is 0. The number of hydrogen-bond donors (Lipinski definition) is 2. The molecule has 2 heterocycles. The van der Waals surface area contributed by atoms with Gasteiger partial charge in [-0.2, -0.15) is 5.10 Å². The molecule has 3 N–H and O–H groups in total. The number of carbonyl (C=O) groups is 1. The van der Waals surface area contributed by atoms with Gasteiger partial charge in [0.05, 0.1) is 6.26 Å². The highest BCUT2D eigenvalue weighted by atomic mass is 16.3. The third kappa shape index (κ3) is 3.37. The Bertz CT molecular complexity index is 475. The monoisotopic (exact) mass is 234 g/mol. The van der Waals surface area contributed by atoms with Gasteiger partial charge in [-0.3, -0.25) is 9.48 Å². The Morgan fingerprint density at radius 1 is 1.53 bits per heavy atom. The fourth-order valence-electron chi connectivity index (χ4n) is 1.45. The van der Waals surface area contributed by atoms with E-state index >= 15 is 0 Å². The molecule has 0 aliphatic carbocycles. The van der Waals surface area contributed by atoms with Crippen molar-refractivity contribution < 1.29 is 9.21 Å². The highest BCUT2D eigenvalue weighted by Gasteiger charge is 2.03. The first kappa shape index (κ1) is 11.3. The first-order chi connectivity index (χ1) is 8.24. The van der Waals surface area contributed by atoms with Crippen molar-refractivity contribution in [2.24, 2.45) is 0 Å². The Morgan fingerprint density at radius 3 is 3.06 bits per heavy atom. The topological polar surface area (TPSA) is 86.1 Å². The maximum Gasteiger partial charge on any atom is 0.241 e. The number of furan rings is 1. The lowest BCUT2D eigenvalue weighted by molar-refractivity contribution is -0.121. The van der Waals surface area contributed by atoms with Gasteiger partial charge in [0.1, 0.15) is 18.1 Å². The van der Waals surface area contributed by atoms with Crippen molar-refractivity contribution in [1.82, 2.24) is 15.1 Å². The van der Waals surface area contributed by atoms with Crippen molar-refractivity contribution in [3.63, 3.8) is 0 Å². The second-order valence-corrected chi connectivity index (χ2v) is 3.62. The van der Waals surface area contributed by atoms with E-state index in [9.17, 15) is 4.79 Å².